The summed E-state index contributed by atoms with van der Waals surface area (Å²) in [6.07, 6.45) is 2.48. The minimum atomic E-state index is -0.962. The van der Waals surface area contributed by atoms with Gasteiger partial charge in [0.1, 0.15) is 0 Å². The smallest absolute Gasteiger partial charge is 0.313 e. The molecule has 1 saturated carbocycles. The van der Waals surface area contributed by atoms with E-state index < -0.39 is 5.97 Å². The molecule has 6 heteroatoms. The second-order valence-electron chi connectivity index (χ2n) is 6.29. The lowest BCUT2D eigenvalue weighted by atomic mass is 9.97. The van der Waals surface area contributed by atoms with Gasteiger partial charge in [0.2, 0.25) is 0 Å². The number of rotatable bonds is 5. The van der Waals surface area contributed by atoms with Gasteiger partial charge in [0.05, 0.1) is 18.1 Å². The predicted octanol–water partition coefficient (Wildman–Crippen LogP) is 5.30. The molecule has 2 aromatic carbocycles. The maximum atomic E-state index is 10.7. The van der Waals surface area contributed by atoms with E-state index in [1.54, 1.807) is 11.8 Å². The Kier molecular flexibility index (Phi) is 7.42. The van der Waals surface area contributed by atoms with E-state index in [1.165, 1.54) is 23.8 Å². The molecule has 0 unspecified atom stereocenters. The van der Waals surface area contributed by atoms with Crippen LogP contribution >= 0.6 is 11.8 Å². The summed E-state index contributed by atoms with van der Waals surface area (Å²) in [5, 5.41) is 27.4. The van der Waals surface area contributed by atoms with Gasteiger partial charge in [-0.15, -0.1) is 0 Å². The molecule has 0 heterocycles. The van der Waals surface area contributed by atoms with Crippen molar-refractivity contribution >= 4 is 39.5 Å². The van der Waals surface area contributed by atoms with Crippen LogP contribution in [0.1, 0.15) is 50.7 Å². The van der Waals surface area contributed by atoms with Crippen molar-refractivity contribution in [1.29, 1.82) is 10.8 Å². The molecule has 0 bridgehead atoms. The fraction of sp³-hybridized carbons (Fsp3) is 0.381. The summed E-state index contributed by atoms with van der Waals surface area (Å²) < 4.78 is 0. The quantitative estimate of drug-likeness (QED) is 0.482. The van der Waals surface area contributed by atoms with Crippen molar-refractivity contribution in [3.05, 3.63) is 47.5 Å². The largest absolute Gasteiger partial charge is 0.481 e. The molecule has 27 heavy (non-hydrogen) atoms. The van der Waals surface area contributed by atoms with Crippen LogP contribution in [-0.4, -0.2) is 32.7 Å². The molecule has 144 valence electrons. The molecule has 2 aromatic rings. The van der Waals surface area contributed by atoms with Gasteiger partial charge in [0.25, 0.3) is 0 Å². The van der Waals surface area contributed by atoms with Crippen LogP contribution in [0.4, 0.5) is 0 Å². The highest BCUT2D eigenvalue weighted by Crippen LogP contribution is 2.43. The third-order valence-corrected chi connectivity index (χ3v) is 5.26. The summed E-state index contributed by atoms with van der Waals surface area (Å²) >= 11 is 0.933. The van der Waals surface area contributed by atoms with E-state index in [0.717, 1.165) is 22.7 Å². The van der Waals surface area contributed by atoms with Crippen molar-refractivity contribution in [1.82, 2.24) is 4.90 Å². The third-order valence-electron chi connectivity index (χ3n) is 4.38. The minimum absolute atomic E-state index is 0.0882. The molecular formula is C21H27N3O2S. The number of benzene rings is 2. The third kappa shape index (κ3) is 5.32. The number of fused-ring (bicyclic) bond motifs is 1. The Morgan fingerprint density at radius 3 is 2.33 bits per heavy atom. The Labute approximate surface area is 164 Å². The molecule has 3 rings (SSSR count). The molecule has 0 saturated heterocycles. The zero-order valence-corrected chi connectivity index (χ0v) is 16.9. The highest BCUT2D eigenvalue weighted by atomic mass is 32.2. The van der Waals surface area contributed by atoms with Crippen molar-refractivity contribution in [2.45, 2.75) is 46.1 Å². The van der Waals surface area contributed by atoms with Crippen molar-refractivity contribution in [3.63, 3.8) is 0 Å². The number of carboxylic acids is 1. The van der Waals surface area contributed by atoms with Gasteiger partial charge in [0, 0.05) is 0 Å². The van der Waals surface area contributed by atoms with Gasteiger partial charge in [-0.2, -0.15) is 0 Å². The maximum absolute atomic E-state index is 10.7. The Bertz CT molecular complexity index is 846. The summed E-state index contributed by atoms with van der Waals surface area (Å²) in [5.74, 6) is -0.247. The number of hydrogen-bond acceptors (Lipinski definition) is 4. The summed E-state index contributed by atoms with van der Waals surface area (Å²) in [6.45, 7) is 6.02. The Morgan fingerprint density at radius 2 is 1.78 bits per heavy atom. The van der Waals surface area contributed by atoms with Crippen LogP contribution in [0.2, 0.25) is 0 Å². The van der Waals surface area contributed by atoms with E-state index in [2.05, 4.69) is 24.3 Å². The maximum Gasteiger partial charge on any atom is 0.313 e. The van der Waals surface area contributed by atoms with E-state index in [4.69, 9.17) is 15.9 Å². The number of nitrogens with one attached hydrogen (secondary N) is 2. The average molecular weight is 386 g/mol. The lowest BCUT2D eigenvalue weighted by molar-refractivity contribution is -0.133. The molecule has 1 aliphatic rings. The Morgan fingerprint density at radius 1 is 1.15 bits per heavy atom. The van der Waals surface area contributed by atoms with Crippen LogP contribution in [0.3, 0.4) is 0 Å². The van der Waals surface area contributed by atoms with Gasteiger partial charge < -0.3 is 10.0 Å². The molecule has 0 radical (unpaired) electrons. The number of thioether (sulfide) groups is 1. The van der Waals surface area contributed by atoms with Crippen LogP contribution in [-0.2, 0) is 11.3 Å². The molecule has 1 fully saturated rings. The standard InChI is InChI=1S/C19H21N3O2S.C2H6/c1-12(20)22(19(21)25-11-18(23)24)10-14-8-9-16(13-6-7-13)17-5-3-2-4-15(14)17;1-2/h2-5,8-9,13,20-21H,6-7,10-11H2,1H3,(H,23,24);1-2H3. The zero-order valence-electron chi connectivity index (χ0n) is 16.1. The molecule has 1 aliphatic carbocycles. The molecule has 5 nitrogen and oxygen atoms in total. The van der Waals surface area contributed by atoms with E-state index in [9.17, 15) is 4.79 Å². The first-order valence-corrected chi connectivity index (χ1v) is 10.2. The van der Waals surface area contributed by atoms with Crippen LogP contribution in [0.5, 0.6) is 0 Å². The van der Waals surface area contributed by atoms with E-state index in [1.807, 2.05) is 26.0 Å². The summed E-state index contributed by atoms with van der Waals surface area (Å²) in [4.78, 5) is 12.3. The lowest BCUT2D eigenvalue weighted by Crippen LogP contribution is -2.32. The SMILES string of the molecule is CC.CC(=N)N(Cc1ccc(C2CC2)c2ccccc12)C(=N)SCC(=O)O. The second-order valence-corrected chi connectivity index (χ2v) is 7.26. The van der Waals surface area contributed by atoms with E-state index in [-0.39, 0.29) is 16.8 Å². The first-order chi connectivity index (χ1) is 13.0. The van der Waals surface area contributed by atoms with Crippen LogP contribution in [0.25, 0.3) is 10.8 Å². The fourth-order valence-electron chi connectivity index (χ4n) is 2.99. The first-order valence-electron chi connectivity index (χ1n) is 9.23. The molecule has 0 aliphatic heterocycles. The van der Waals surface area contributed by atoms with Gasteiger partial charge in [-0.05, 0) is 47.6 Å². The average Bonchev–Trinajstić information content (AvgIpc) is 3.50. The number of amidine groups is 2. The normalized spacial score (nSPS) is 12.9. The topological polar surface area (TPSA) is 88.2 Å². The van der Waals surface area contributed by atoms with Crippen molar-refractivity contribution in [2.75, 3.05) is 5.75 Å². The van der Waals surface area contributed by atoms with Crippen LogP contribution in [0.15, 0.2) is 36.4 Å². The predicted molar refractivity (Wildman–Crippen MR) is 114 cm³/mol. The highest BCUT2D eigenvalue weighted by molar-refractivity contribution is 8.14. The summed E-state index contributed by atoms with van der Waals surface area (Å²) in [6, 6.07) is 12.5. The van der Waals surface area contributed by atoms with Gasteiger partial charge >= 0.3 is 5.97 Å². The molecular weight excluding hydrogens is 358 g/mol. The van der Waals surface area contributed by atoms with Gasteiger partial charge in [-0.25, -0.2) is 0 Å². The molecule has 3 N–H and O–H groups in total. The summed E-state index contributed by atoms with van der Waals surface area (Å²) in [5.41, 5.74) is 2.43. The summed E-state index contributed by atoms with van der Waals surface area (Å²) in [7, 11) is 0. The minimum Gasteiger partial charge on any atom is -0.481 e. The van der Waals surface area contributed by atoms with Crippen molar-refractivity contribution in [3.8, 4) is 0 Å². The molecule has 0 amide bonds. The monoisotopic (exact) mass is 385 g/mol. The lowest BCUT2D eigenvalue weighted by Gasteiger charge is -2.24. The number of nitrogens with zero attached hydrogens (tertiary/aromatic N) is 1. The van der Waals surface area contributed by atoms with Gasteiger partial charge in [-0.3, -0.25) is 15.6 Å². The molecule has 0 spiro atoms. The zero-order chi connectivity index (χ0) is 20.0. The number of hydrogen-bond donors (Lipinski definition) is 3. The van der Waals surface area contributed by atoms with Crippen LogP contribution in [0, 0.1) is 10.8 Å². The number of aliphatic carboxylic acids is 1. The number of carboxylic acid groups (broad SMARTS) is 1. The second kappa shape index (κ2) is 9.55. The Hall–Kier alpha value is -2.34. The van der Waals surface area contributed by atoms with Gasteiger partial charge in [-0.1, -0.05) is 62.0 Å². The highest BCUT2D eigenvalue weighted by Gasteiger charge is 2.26. The molecule has 0 aromatic heterocycles. The van der Waals surface area contributed by atoms with E-state index >= 15 is 0 Å². The van der Waals surface area contributed by atoms with Crippen molar-refractivity contribution < 1.29 is 9.90 Å². The van der Waals surface area contributed by atoms with Crippen molar-refractivity contribution in [2.24, 2.45) is 0 Å². The van der Waals surface area contributed by atoms with Crippen LogP contribution < -0.4 is 0 Å². The number of carbonyl (C=O) groups is 1. The fourth-order valence-corrected chi connectivity index (χ4v) is 3.61. The Balaban J connectivity index is 0.00000126. The molecule has 0 atom stereocenters. The van der Waals surface area contributed by atoms with Gasteiger partial charge in [0.15, 0.2) is 5.17 Å². The first kappa shape index (κ1) is 21.0. The van der Waals surface area contributed by atoms with E-state index in [0.29, 0.717) is 12.5 Å².